The molecule has 0 saturated heterocycles. The third-order valence-corrected chi connectivity index (χ3v) is 3.17. The van der Waals surface area contributed by atoms with Crippen LogP contribution in [-0.4, -0.2) is 6.04 Å². The third-order valence-electron chi connectivity index (χ3n) is 2.68. The van der Waals surface area contributed by atoms with Crippen molar-refractivity contribution in [3.63, 3.8) is 0 Å². The molecule has 5 heteroatoms. The van der Waals surface area contributed by atoms with Gasteiger partial charge in [0.15, 0.2) is 11.6 Å². The average Bonchev–Trinajstić information content (AvgIpc) is 2.34. The maximum Gasteiger partial charge on any atom is 0.168 e. The summed E-state index contributed by atoms with van der Waals surface area (Å²) in [6.45, 7) is 1.88. The van der Waals surface area contributed by atoms with E-state index in [9.17, 15) is 8.78 Å². The van der Waals surface area contributed by atoms with Crippen LogP contribution < -0.4 is 10.5 Å². The molecule has 1 atom stereocenters. The number of halogens is 3. The van der Waals surface area contributed by atoms with Crippen LogP contribution in [0.4, 0.5) is 8.78 Å². The van der Waals surface area contributed by atoms with E-state index in [2.05, 4.69) is 15.9 Å². The molecule has 0 saturated carbocycles. The molecule has 0 spiro atoms. The summed E-state index contributed by atoms with van der Waals surface area (Å²) in [5, 5.41) is 0. The van der Waals surface area contributed by atoms with Gasteiger partial charge in [-0.1, -0.05) is 15.9 Å². The molecule has 1 unspecified atom stereocenters. The standard InChI is InChI=1S/C15H14BrF2NO/c1-9(19)6-10-7-11(16)2-4-14(10)20-15-5-3-12(17)8-13(15)18/h2-5,7-9H,6,19H2,1H3. The van der Waals surface area contributed by atoms with Gasteiger partial charge in [0, 0.05) is 16.6 Å². The van der Waals surface area contributed by atoms with Crippen LogP contribution in [0, 0.1) is 11.6 Å². The fraction of sp³-hybridized carbons (Fsp3) is 0.200. The lowest BCUT2D eigenvalue weighted by Gasteiger charge is -2.14. The number of rotatable bonds is 4. The lowest BCUT2D eigenvalue weighted by atomic mass is 10.1. The topological polar surface area (TPSA) is 35.2 Å². The molecule has 0 aromatic heterocycles. The summed E-state index contributed by atoms with van der Waals surface area (Å²) in [5.74, 6) is -0.878. The summed E-state index contributed by atoms with van der Waals surface area (Å²) in [6.07, 6.45) is 0.595. The molecular formula is C15H14BrF2NO. The average molecular weight is 342 g/mol. The van der Waals surface area contributed by atoms with Gasteiger partial charge < -0.3 is 10.5 Å². The number of nitrogens with two attached hydrogens (primary N) is 1. The minimum atomic E-state index is -0.736. The smallest absolute Gasteiger partial charge is 0.168 e. The predicted octanol–water partition coefficient (Wildman–Crippen LogP) is 4.41. The molecule has 0 aliphatic rings. The van der Waals surface area contributed by atoms with Crippen molar-refractivity contribution >= 4 is 15.9 Å². The molecule has 0 heterocycles. The Bertz CT molecular complexity index is 617. The number of benzene rings is 2. The summed E-state index contributed by atoms with van der Waals surface area (Å²) in [7, 11) is 0. The van der Waals surface area contributed by atoms with Crippen molar-refractivity contribution in [3.05, 3.63) is 58.1 Å². The fourth-order valence-corrected chi connectivity index (χ4v) is 2.24. The SMILES string of the molecule is CC(N)Cc1cc(Br)ccc1Oc1ccc(F)cc1F. The molecule has 2 aromatic carbocycles. The summed E-state index contributed by atoms with van der Waals surface area (Å²) >= 11 is 3.38. The molecule has 20 heavy (non-hydrogen) atoms. The van der Waals surface area contributed by atoms with Crippen LogP contribution >= 0.6 is 15.9 Å². The second-order valence-electron chi connectivity index (χ2n) is 4.61. The lowest BCUT2D eigenvalue weighted by molar-refractivity contribution is 0.432. The van der Waals surface area contributed by atoms with E-state index >= 15 is 0 Å². The van der Waals surface area contributed by atoms with Crippen LogP contribution in [0.5, 0.6) is 11.5 Å². The molecular weight excluding hydrogens is 328 g/mol. The van der Waals surface area contributed by atoms with Crippen molar-refractivity contribution in [2.24, 2.45) is 5.73 Å². The number of hydrogen-bond donors (Lipinski definition) is 1. The molecule has 2 rings (SSSR count). The minimum Gasteiger partial charge on any atom is -0.454 e. The zero-order valence-corrected chi connectivity index (χ0v) is 12.5. The van der Waals surface area contributed by atoms with E-state index in [0.29, 0.717) is 12.2 Å². The van der Waals surface area contributed by atoms with Crippen molar-refractivity contribution in [1.82, 2.24) is 0 Å². The van der Waals surface area contributed by atoms with Crippen LogP contribution in [0.2, 0.25) is 0 Å². The molecule has 0 amide bonds. The van der Waals surface area contributed by atoms with Gasteiger partial charge in [0.1, 0.15) is 11.6 Å². The number of ether oxygens (including phenoxy) is 1. The van der Waals surface area contributed by atoms with E-state index in [1.54, 1.807) is 12.1 Å². The Balaban J connectivity index is 2.32. The Morgan fingerprint density at radius 1 is 1.15 bits per heavy atom. The van der Waals surface area contributed by atoms with Crippen LogP contribution in [0.3, 0.4) is 0 Å². The van der Waals surface area contributed by atoms with E-state index in [1.165, 1.54) is 6.07 Å². The van der Waals surface area contributed by atoms with E-state index in [1.807, 2.05) is 13.0 Å². The largest absolute Gasteiger partial charge is 0.454 e. The molecule has 0 aliphatic heterocycles. The van der Waals surface area contributed by atoms with Crippen LogP contribution in [0.1, 0.15) is 12.5 Å². The van der Waals surface area contributed by atoms with Crippen molar-refractivity contribution in [1.29, 1.82) is 0 Å². The molecule has 106 valence electrons. The van der Waals surface area contributed by atoms with Crippen LogP contribution in [0.15, 0.2) is 40.9 Å². The highest BCUT2D eigenvalue weighted by Gasteiger charge is 2.11. The molecule has 2 aromatic rings. The van der Waals surface area contributed by atoms with Gasteiger partial charge in [-0.3, -0.25) is 0 Å². The van der Waals surface area contributed by atoms with Crippen molar-refractivity contribution < 1.29 is 13.5 Å². The fourth-order valence-electron chi connectivity index (χ4n) is 1.83. The maximum atomic E-state index is 13.6. The second kappa shape index (κ2) is 6.33. The second-order valence-corrected chi connectivity index (χ2v) is 5.53. The summed E-state index contributed by atoms with van der Waals surface area (Å²) in [4.78, 5) is 0. The predicted molar refractivity (Wildman–Crippen MR) is 77.9 cm³/mol. The Morgan fingerprint density at radius 3 is 2.50 bits per heavy atom. The lowest BCUT2D eigenvalue weighted by Crippen LogP contribution is -2.18. The van der Waals surface area contributed by atoms with E-state index in [-0.39, 0.29) is 11.8 Å². The van der Waals surface area contributed by atoms with Crippen molar-refractivity contribution in [2.75, 3.05) is 0 Å². The normalized spacial score (nSPS) is 12.2. The molecule has 0 bridgehead atoms. The van der Waals surface area contributed by atoms with E-state index < -0.39 is 11.6 Å². The first-order valence-corrected chi connectivity index (χ1v) is 6.92. The Hall–Kier alpha value is -1.46. The van der Waals surface area contributed by atoms with Gasteiger partial charge in [-0.05, 0) is 49.2 Å². The van der Waals surface area contributed by atoms with E-state index in [0.717, 1.165) is 22.2 Å². The quantitative estimate of drug-likeness (QED) is 0.893. The monoisotopic (exact) mass is 341 g/mol. The minimum absolute atomic E-state index is 0.0142. The van der Waals surface area contributed by atoms with Gasteiger partial charge in [0.25, 0.3) is 0 Å². The third kappa shape index (κ3) is 3.77. The highest BCUT2D eigenvalue weighted by atomic mass is 79.9. The van der Waals surface area contributed by atoms with Crippen molar-refractivity contribution in [3.8, 4) is 11.5 Å². The first-order chi connectivity index (χ1) is 9.45. The molecule has 2 N–H and O–H groups in total. The van der Waals surface area contributed by atoms with Gasteiger partial charge in [-0.25, -0.2) is 8.78 Å². The summed E-state index contributed by atoms with van der Waals surface area (Å²) in [5.41, 5.74) is 6.65. The van der Waals surface area contributed by atoms with Gasteiger partial charge in [0.2, 0.25) is 0 Å². The zero-order chi connectivity index (χ0) is 14.7. The van der Waals surface area contributed by atoms with Gasteiger partial charge in [0.05, 0.1) is 0 Å². The first kappa shape index (κ1) is 14.9. The molecule has 0 radical (unpaired) electrons. The number of hydrogen-bond acceptors (Lipinski definition) is 2. The van der Waals surface area contributed by atoms with E-state index in [4.69, 9.17) is 10.5 Å². The van der Waals surface area contributed by atoms with Gasteiger partial charge >= 0.3 is 0 Å². The van der Waals surface area contributed by atoms with Crippen LogP contribution in [-0.2, 0) is 6.42 Å². The van der Waals surface area contributed by atoms with Gasteiger partial charge in [-0.15, -0.1) is 0 Å². The molecule has 2 nitrogen and oxygen atoms in total. The van der Waals surface area contributed by atoms with Gasteiger partial charge in [-0.2, -0.15) is 0 Å². The molecule has 0 fully saturated rings. The Kier molecular flexibility index (Phi) is 4.73. The Labute approximate surface area is 124 Å². The van der Waals surface area contributed by atoms with Crippen LogP contribution in [0.25, 0.3) is 0 Å². The highest BCUT2D eigenvalue weighted by Crippen LogP contribution is 2.30. The first-order valence-electron chi connectivity index (χ1n) is 6.12. The highest BCUT2D eigenvalue weighted by molar-refractivity contribution is 9.10. The maximum absolute atomic E-state index is 13.6. The molecule has 0 aliphatic carbocycles. The van der Waals surface area contributed by atoms with Crippen molar-refractivity contribution in [2.45, 2.75) is 19.4 Å². The zero-order valence-electron chi connectivity index (χ0n) is 10.9. The summed E-state index contributed by atoms with van der Waals surface area (Å²) < 4.78 is 32.9. The summed E-state index contributed by atoms with van der Waals surface area (Å²) in [6, 6.07) is 8.56. The Morgan fingerprint density at radius 2 is 1.85 bits per heavy atom.